The number of hydrogen-bond donors (Lipinski definition) is 1. The van der Waals surface area contributed by atoms with Crippen molar-refractivity contribution in [2.24, 2.45) is 7.05 Å². The molecule has 1 atom stereocenters. The molecule has 0 amide bonds. The molecule has 0 unspecified atom stereocenters. The van der Waals surface area contributed by atoms with Crippen molar-refractivity contribution in [2.75, 3.05) is 24.7 Å². The molecule has 0 aliphatic carbocycles. The van der Waals surface area contributed by atoms with Crippen LogP contribution in [-0.2, 0) is 11.8 Å². The Kier molecular flexibility index (Phi) is 4.28. The highest BCUT2D eigenvalue weighted by Crippen LogP contribution is 2.35. The predicted molar refractivity (Wildman–Crippen MR) is 112 cm³/mol. The van der Waals surface area contributed by atoms with Crippen LogP contribution in [0.4, 0.5) is 5.82 Å². The summed E-state index contributed by atoms with van der Waals surface area (Å²) in [5, 5.41) is 12.1. The lowest BCUT2D eigenvalue weighted by Gasteiger charge is -2.34. The van der Waals surface area contributed by atoms with E-state index in [9.17, 15) is 0 Å². The summed E-state index contributed by atoms with van der Waals surface area (Å²) in [5.41, 5.74) is 6.44. The molecule has 8 nitrogen and oxygen atoms in total. The molecule has 5 rings (SSSR count). The summed E-state index contributed by atoms with van der Waals surface area (Å²) in [4.78, 5) is 11.8. The lowest BCUT2D eigenvalue weighted by molar-refractivity contribution is 0.0986. The van der Waals surface area contributed by atoms with Gasteiger partial charge in [-0.3, -0.25) is 14.8 Å². The van der Waals surface area contributed by atoms with Gasteiger partial charge in [-0.15, -0.1) is 0 Å². The van der Waals surface area contributed by atoms with Crippen molar-refractivity contribution in [1.29, 1.82) is 0 Å². The van der Waals surface area contributed by atoms with Gasteiger partial charge in [0.15, 0.2) is 0 Å². The third-order valence-electron chi connectivity index (χ3n) is 5.40. The van der Waals surface area contributed by atoms with Gasteiger partial charge >= 0.3 is 0 Å². The zero-order valence-electron chi connectivity index (χ0n) is 16.8. The van der Waals surface area contributed by atoms with Crippen molar-refractivity contribution < 1.29 is 4.74 Å². The fourth-order valence-corrected chi connectivity index (χ4v) is 3.89. The monoisotopic (exact) mass is 389 g/mol. The highest BCUT2D eigenvalue weighted by atomic mass is 16.5. The molecule has 0 radical (unpaired) electrons. The standard InChI is InChI=1S/C21H23N7O/c1-13-4-5-15(11-22-13)16-10-18(28-8-9-29-12-14(28)2)24-20-19(16)26-27(3)21(20)17-6-7-23-25-17/h4-7,10-11,14H,8-9,12H2,1-3H3,(H,23,25)/t14-/m1/s1. The molecule has 1 saturated heterocycles. The largest absolute Gasteiger partial charge is 0.377 e. The third kappa shape index (κ3) is 3.05. The van der Waals surface area contributed by atoms with Crippen LogP contribution >= 0.6 is 0 Å². The van der Waals surface area contributed by atoms with Crippen LogP contribution in [0.15, 0.2) is 36.7 Å². The second-order valence-electron chi connectivity index (χ2n) is 7.46. The van der Waals surface area contributed by atoms with Gasteiger partial charge in [0.25, 0.3) is 0 Å². The number of rotatable bonds is 3. The van der Waals surface area contributed by atoms with E-state index in [2.05, 4.69) is 39.1 Å². The number of pyridine rings is 2. The lowest BCUT2D eigenvalue weighted by atomic mass is 10.1. The Morgan fingerprint density at radius 2 is 2.10 bits per heavy atom. The Hall–Kier alpha value is -3.26. The summed E-state index contributed by atoms with van der Waals surface area (Å²) in [6, 6.07) is 8.43. The zero-order chi connectivity index (χ0) is 20.0. The van der Waals surface area contributed by atoms with E-state index in [1.165, 1.54) is 0 Å². The molecular formula is C21H23N7O. The second-order valence-corrected chi connectivity index (χ2v) is 7.46. The number of fused-ring (bicyclic) bond motifs is 1. The molecule has 148 valence electrons. The third-order valence-corrected chi connectivity index (χ3v) is 5.40. The van der Waals surface area contributed by atoms with Crippen LogP contribution in [-0.4, -0.2) is 55.7 Å². The molecule has 1 aliphatic rings. The fourth-order valence-electron chi connectivity index (χ4n) is 3.89. The number of nitrogens with zero attached hydrogens (tertiary/aromatic N) is 6. The number of anilines is 1. The van der Waals surface area contributed by atoms with Crippen molar-refractivity contribution in [1.82, 2.24) is 29.9 Å². The van der Waals surface area contributed by atoms with E-state index in [0.29, 0.717) is 13.2 Å². The maximum absolute atomic E-state index is 5.63. The molecule has 1 N–H and O–H groups in total. The van der Waals surface area contributed by atoms with Gasteiger partial charge in [-0.25, -0.2) is 4.98 Å². The first-order chi connectivity index (χ1) is 14.1. The van der Waals surface area contributed by atoms with E-state index in [-0.39, 0.29) is 6.04 Å². The van der Waals surface area contributed by atoms with E-state index >= 15 is 0 Å². The molecule has 29 heavy (non-hydrogen) atoms. The minimum Gasteiger partial charge on any atom is -0.377 e. The second kappa shape index (κ2) is 6.97. The SMILES string of the molecule is Cc1ccc(-c2cc(N3CCOC[C@H]3C)nc3c(-c4cc[nH]n4)n(C)nc23)cn1. The minimum absolute atomic E-state index is 0.253. The fraction of sp³-hybridized carbons (Fsp3) is 0.333. The van der Waals surface area contributed by atoms with E-state index in [1.54, 1.807) is 0 Å². The quantitative estimate of drug-likeness (QED) is 0.580. The molecule has 0 spiro atoms. The van der Waals surface area contributed by atoms with Crippen LogP contribution < -0.4 is 4.90 Å². The Bertz CT molecular complexity index is 1150. The Morgan fingerprint density at radius 1 is 1.21 bits per heavy atom. The van der Waals surface area contributed by atoms with Crippen molar-refractivity contribution >= 4 is 16.9 Å². The molecule has 4 aromatic heterocycles. The number of hydrogen-bond acceptors (Lipinski definition) is 6. The van der Waals surface area contributed by atoms with Gasteiger partial charge < -0.3 is 9.64 Å². The first-order valence-corrected chi connectivity index (χ1v) is 9.77. The van der Waals surface area contributed by atoms with Crippen LogP contribution in [0.2, 0.25) is 0 Å². The summed E-state index contributed by atoms with van der Waals surface area (Å²) in [5.74, 6) is 0.925. The number of aromatic nitrogens is 6. The normalized spacial score (nSPS) is 17.2. The average molecular weight is 389 g/mol. The number of H-pyrrole nitrogens is 1. The molecule has 0 bridgehead atoms. The topological polar surface area (TPSA) is 84.8 Å². The first kappa shape index (κ1) is 17.8. The van der Waals surface area contributed by atoms with Gasteiger partial charge in [0.05, 0.1) is 19.3 Å². The number of aromatic amines is 1. The van der Waals surface area contributed by atoms with Crippen LogP contribution in [0, 0.1) is 6.92 Å². The van der Waals surface area contributed by atoms with Gasteiger partial charge in [0.2, 0.25) is 0 Å². The van der Waals surface area contributed by atoms with Crippen LogP contribution in [0.3, 0.4) is 0 Å². The summed E-state index contributed by atoms with van der Waals surface area (Å²) in [6.45, 7) is 6.35. The highest BCUT2D eigenvalue weighted by Gasteiger charge is 2.25. The summed E-state index contributed by atoms with van der Waals surface area (Å²) in [6.07, 6.45) is 3.71. The van der Waals surface area contributed by atoms with E-state index < -0.39 is 0 Å². The smallest absolute Gasteiger partial charge is 0.130 e. The van der Waals surface area contributed by atoms with Gasteiger partial charge in [0.1, 0.15) is 28.2 Å². The summed E-state index contributed by atoms with van der Waals surface area (Å²) >= 11 is 0. The van der Waals surface area contributed by atoms with E-state index in [4.69, 9.17) is 14.8 Å². The number of nitrogens with one attached hydrogen (secondary N) is 1. The molecular weight excluding hydrogens is 366 g/mol. The molecule has 1 fully saturated rings. The van der Waals surface area contributed by atoms with Crippen molar-refractivity contribution in [3.05, 3.63) is 42.4 Å². The van der Waals surface area contributed by atoms with E-state index in [1.807, 2.05) is 43.2 Å². The van der Waals surface area contributed by atoms with Crippen LogP contribution in [0.5, 0.6) is 0 Å². The summed E-state index contributed by atoms with van der Waals surface area (Å²) in [7, 11) is 1.93. The average Bonchev–Trinajstić information content (AvgIpc) is 3.35. The molecule has 0 saturated carbocycles. The van der Waals surface area contributed by atoms with Gasteiger partial charge in [-0.1, -0.05) is 6.07 Å². The van der Waals surface area contributed by atoms with Crippen molar-refractivity contribution in [2.45, 2.75) is 19.9 Å². The Balaban J connectivity index is 1.78. The number of morpholine rings is 1. The molecule has 1 aliphatic heterocycles. The minimum atomic E-state index is 0.253. The predicted octanol–water partition coefficient (Wildman–Crippen LogP) is 2.95. The number of ether oxygens (including phenoxy) is 1. The van der Waals surface area contributed by atoms with Gasteiger partial charge in [-0.05, 0) is 32.0 Å². The van der Waals surface area contributed by atoms with Crippen LogP contribution in [0.25, 0.3) is 33.5 Å². The molecule has 4 aromatic rings. The van der Waals surface area contributed by atoms with Crippen molar-refractivity contribution in [3.8, 4) is 22.5 Å². The highest BCUT2D eigenvalue weighted by molar-refractivity contribution is 5.99. The van der Waals surface area contributed by atoms with Gasteiger partial charge in [0, 0.05) is 42.8 Å². The Morgan fingerprint density at radius 3 is 2.83 bits per heavy atom. The first-order valence-electron chi connectivity index (χ1n) is 9.77. The molecule has 5 heterocycles. The zero-order valence-corrected chi connectivity index (χ0v) is 16.8. The Labute approximate surface area is 168 Å². The van der Waals surface area contributed by atoms with Crippen LogP contribution in [0.1, 0.15) is 12.6 Å². The maximum atomic E-state index is 5.63. The van der Waals surface area contributed by atoms with Crippen molar-refractivity contribution in [3.63, 3.8) is 0 Å². The molecule has 8 heteroatoms. The maximum Gasteiger partial charge on any atom is 0.130 e. The van der Waals surface area contributed by atoms with E-state index in [0.717, 1.165) is 51.6 Å². The number of aryl methyl sites for hydroxylation is 2. The van der Waals surface area contributed by atoms with Gasteiger partial charge in [-0.2, -0.15) is 10.2 Å². The molecule has 0 aromatic carbocycles. The summed E-state index contributed by atoms with van der Waals surface area (Å²) < 4.78 is 7.48. The lowest BCUT2D eigenvalue weighted by Crippen LogP contribution is -2.44.